The molecule has 0 radical (unpaired) electrons. The number of hydrogen-bond acceptors (Lipinski definition) is 3. The minimum atomic E-state index is -4.37. The molecule has 7 heteroatoms. The molecule has 1 aromatic heterocycles. The zero-order valence-corrected chi connectivity index (χ0v) is 13.6. The molecule has 0 N–H and O–H groups in total. The summed E-state index contributed by atoms with van der Waals surface area (Å²) in [6, 6.07) is 5.74. The first-order valence-corrected chi connectivity index (χ1v) is 8.31. The molecule has 0 saturated carbocycles. The fraction of sp³-hybridized carbons (Fsp3) is 0.353. The molecule has 2 aromatic rings. The highest BCUT2D eigenvalue weighted by molar-refractivity contribution is 7.19. The second kappa shape index (κ2) is 6.57. The monoisotopic (exact) mass is 355 g/mol. The van der Waals surface area contributed by atoms with Crippen molar-refractivity contribution < 1.29 is 22.7 Å². The van der Waals surface area contributed by atoms with Crippen molar-refractivity contribution in [1.29, 1.82) is 0 Å². The molecular weight excluding hydrogens is 339 g/mol. The first-order chi connectivity index (χ1) is 11.4. The van der Waals surface area contributed by atoms with E-state index in [-0.39, 0.29) is 24.0 Å². The highest BCUT2D eigenvalue weighted by Crippen LogP contribution is 2.38. The first-order valence-electron chi connectivity index (χ1n) is 7.50. The van der Waals surface area contributed by atoms with Crippen molar-refractivity contribution in [3.63, 3.8) is 0 Å². The van der Waals surface area contributed by atoms with Gasteiger partial charge in [0.05, 0.1) is 18.3 Å². The van der Waals surface area contributed by atoms with E-state index in [4.69, 9.17) is 4.74 Å². The second-order valence-electron chi connectivity index (χ2n) is 5.64. The van der Waals surface area contributed by atoms with Crippen molar-refractivity contribution in [3.05, 3.63) is 47.4 Å². The van der Waals surface area contributed by atoms with Crippen molar-refractivity contribution in [2.75, 3.05) is 13.1 Å². The highest BCUT2D eigenvalue weighted by atomic mass is 32.1. The Kier molecular flexibility index (Phi) is 4.64. The maximum atomic E-state index is 13.0. The van der Waals surface area contributed by atoms with Gasteiger partial charge in [-0.15, -0.1) is 11.3 Å². The smallest absolute Gasteiger partial charge is 0.371 e. The fourth-order valence-corrected chi connectivity index (χ4v) is 3.84. The third-order valence-corrected chi connectivity index (χ3v) is 5.08. The number of hydrogen-bond donors (Lipinski definition) is 0. The van der Waals surface area contributed by atoms with Crippen LogP contribution in [0.3, 0.4) is 0 Å². The maximum Gasteiger partial charge on any atom is 0.417 e. The Morgan fingerprint density at radius 3 is 2.96 bits per heavy atom. The molecule has 24 heavy (non-hydrogen) atoms. The minimum Gasteiger partial charge on any atom is -0.371 e. The van der Waals surface area contributed by atoms with Gasteiger partial charge in [-0.1, -0.05) is 12.6 Å². The van der Waals surface area contributed by atoms with Crippen LogP contribution in [-0.4, -0.2) is 30.0 Å². The standard InChI is InChI=1S/C17H16F3NO2S/c1-2-16(22)21-7-6-11(9-21)23-10-12-8-13-14(17(18,19)20)4-3-5-15(13)24-12/h2-5,8,11H,1,6-7,9-10H2. The Balaban J connectivity index is 1.69. The molecular formula is C17H16F3NO2S. The number of rotatable bonds is 4. The van der Waals surface area contributed by atoms with Crippen LogP contribution in [0.5, 0.6) is 0 Å². The number of ether oxygens (including phenoxy) is 1. The molecule has 2 heterocycles. The number of alkyl halides is 3. The average molecular weight is 355 g/mol. The van der Waals surface area contributed by atoms with Gasteiger partial charge in [0, 0.05) is 28.1 Å². The lowest BCUT2D eigenvalue weighted by Crippen LogP contribution is -2.28. The quantitative estimate of drug-likeness (QED) is 0.769. The van der Waals surface area contributed by atoms with Crippen molar-refractivity contribution >= 4 is 27.3 Å². The molecule has 1 saturated heterocycles. The third kappa shape index (κ3) is 3.47. The number of fused-ring (bicyclic) bond motifs is 1. The SMILES string of the molecule is C=CC(=O)N1CCC(OCc2cc3c(C(F)(F)F)cccc3s2)C1. The molecule has 1 fully saturated rings. The van der Waals surface area contributed by atoms with Crippen LogP contribution in [0.15, 0.2) is 36.9 Å². The van der Waals surface area contributed by atoms with Gasteiger partial charge in [0.25, 0.3) is 0 Å². The molecule has 1 atom stereocenters. The van der Waals surface area contributed by atoms with E-state index in [0.717, 1.165) is 17.4 Å². The number of halogens is 3. The predicted octanol–water partition coefficient (Wildman–Crippen LogP) is 4.22. The Hall–Kier alpha value is -1.86. The van der Waals surface area contributed by atoms with Crippen molar-refractivity contribution in [2.45, 2.75) is 25.3 Å². The number of thiophene rings is 1. The van der Waals surface area contributed by atoms with E-state index in [1.807, 2.05) is 0 Å². The normalized spacial score (nSPS) is 18.3. The summed E-state index contributed by atoms with van der Waals surface area (Å²) in [4.78, 5) is 13.9. The van der Waals surface area contributed by atoms with Gasteiger partial charge in [-0.05, 0) is 30.7 Å². The van der Waals surface area contributed by atoms with Gasteiger partial charge >= 0.3 is 6.18 Å². The molecule has 3 nitrogen and oxygen atoms in total. The molecule has 1 aromatic carbocycles. The number of amides is 1. The molecule has 0 bridgehead atoms. The summed E-state index contributed by atoms with van der Waals surface area (Å²) in [6.45, 7) is 4.80. The largest absolute Gasteiger partial charge is 0.417 e. The number of carbonyl (C=O) groups is 1. The summed E-state index contributed by atoms with van der Waals surface area (Å²) >= 11 is 1.30. The van der Waals surface area contributed by atoms with Gasteiger partial charge in [-0.2, -0.15) is 13.2 Å². The predicted molar refractivity (Wildman–Crippen MR) is 86.8 cm³/mol. The van der Waals surface area contributed by atoms with Crippen molar-refractivity contribution in [1.82, 2.24) is 4.90 Å². The third-order valence-electron chi connectivity index (χ3n) is 4.01. The van der Waals surface area contributed by atoms with Gasteiger partial charge in [-0.25, -0.2) is 0 Å². The van der Waals surface area contributed by atoms with E-state index >= 15 is 0 Å². The molecule has 0 spiro atoms. The Morgan fingerprint density at radius 2 is 2.25 bits per heavy atom. The summed E-state index contributed by atoms with van der Waals surface area (Å²) in [5, 5.41) is 0.212. The van der Waals surface area contributed by atoms with Crippen molar-refractivity contribution in [2.24, 2.45) is 0 Å². The maximum absolute atomic E-state index is 13.0. The average Bonchev–Trinajstić information content (AvgIpc) is 3.17. The topological polar surface area (TPSA) is 29.5 Å². The number of likely N-dealkylation sites (tertiary alicyclic amines) is 1. The van der Waals surface area contributed by atoms with Crippen LogP contribution in [0, 0.1) is 0 Å². The summed E-state index contributed by atoms with van der Waals surface area (Å²) < 4.78 is 45.5. The van der Waals surface area contributed by atoms with E-state index in [0.29, 0.717) is 17.8 Å². The lowest BCUT2D eigenvalue weighted by atomic mass is 10.1. The Bertz CT molecular complexity index is 769. The molecule has 3 rings (SSSR count). The Morgan fingerprint density at radius 1 is 1.46 bits per heavy atom. The van der Waals surface area contributed by atoms with Gasteiger partial charge in [0.2, 0.25) is 5.91 Å². The van der Waals surface area contributed by atoms with E-state index < -0.39 is 11.7 Å². The van der Waals surface area contributed by atoms with Gasteiger partial charge in [-0.3, -0.25) is 4.79 Å². The first kappa shape index (κ1) is 17.0. The summed E-state index contributed by atoms with van der Waals surface area (Å²) in [6.07, 6.45) is -2.47. The molecule has 1 unspecified atom stereocenters. The Labute approximate surface area is 141 Å². The fourth-order valence-electron chi connectivity index (χ4n) is 2.83. The minimum absolute atomic E-state index is 0.0961. The van der Waals surface area contributed by atoms with Crippen LogP contribution in [0.25, 0.3) is 10.1 Å². The van der Waals surface area contributed by atoms with E-state index in [2.05, 4.69) is 6.58 Å². The van der Waals surface area contributed by atoms with Crippen LogP contribution < -0.4 is 0 Å². The molecule has 1 amide bonds. The zero-order chi connectivity index (χ0) is 17.3. The van der Waals surface area contributed by atoms with Gasteiger partial charge in [0.15, 0.2) is 0 Å². The number of benzene rings is 1. The van der Waals surface area contributed by atoms with Crippen LogP contribution in [-0.2, 0) is 22.3 Å². The molecule has 128 valence electrons. The van der Waals surface area contributed by atoms with E-state index in [1.165, 1.54) is 23.5 Å². The van der Waals surface area contributed by atoms with Crippen molar-refractivity contribution in [3.8, 4) is 0 Å². The lowest BCUT2D eigenvalue weighted by Gasteiger charge is -2.14. The van der Waals surface area contributed by atoms with Crippen LogP contribution in [0.1, 0.15) is 16.9 Å². The number of nitrogens with zero attached hydrogens (tertiary/aromatic N) is 1. The second-order valence-corrected chi connectivity index (χ2v) is 6.81. The molecule has 0 aliphatic carbocycles. The summed E-state index contributed by atoms with van der Waals surface area (Å²) in [5.41, 5.74) is -0.619. The van der Waals surface area contributed by atoms with E-state index in [1.54, 1.807) is 17.0 Å². The van der Waals surface area contributed by atoms with Crippen LogP contribution in [0.2, 0.25) is 0 Å². The lowest BCUT2D eigenvalue weighted by molar-refractivity contribution is -0.136. The van der Waals surface area contributed by atoms with Gasteiger partial charge in [0.1, 0.15) is 0 Å². The summed E-state index contributed by atoms with van der Waals surface area (Å²) in [5.74, 6) is -0.127. The van der Waals surface area contributed by atoms with Crippen LogP contribution >= 0.6 is 11.3 Å². The summed E-state index contributed by atoms with van der Waals surface area (Å²) in [7, 11) is 0. The van der Waals surface area contributed by atoms with Crippen LogP contribution in [0.4, 0.5) is 13.2 Å². The van der Waals surface area contributed by atoms with E-state index in [9.17, 15) is 18.0 Å². The number of carbonyl (C=O) groups excluding carboxylic acids is 1. The molecule has 1 aliphatic rings. The molecule has 1 aliphatic heterocycles. The zero-order valence-electron chi connectivity index (χ0n) is 12.8. The van der Waals surface area contributed by atoms with Gasteiger partial charge < -0.3 is 9.64 Å². The highest BCUT2D eigenvalue weighted by Gasteiger charge is 2.33.